The number of anilines is 2. The molecule has 2 amide bonds. The van der Waals surface area contributed by atoms with Gasteiger partial charge in [0.15, 0.2) is 0 Å². The predicted octanol–water partition coefficient (Wildman–Crippen LogP) is 3.39. The van der Waals surface area contributed by atoms with Crippen LogP contribution >= 0.6 is 11.6 Å². The van der Waals surface area contributed by atoms with Gasteiger partial charge in [0.2, 0.25) is 5.91 Å². The molecule has 0 aliphatic carbocycles. The molecule has 2 aromatic rings. The number of amides is 2. The van der Waals surface area contributed by atoms with Crippen molar-refractivity contribution in [2.24, 2.45) is 0 Å². The maximum atomic E-state index is 12.5. The molecule has 0 radical (unpaired) electrons. The molecule has 0 bridgehead atoms. The Bertz CT molecular complexity index is 728. The van der Waals surface area contributed by atoms with Gasteiger partial charge in [-0.2, -0.15) is 0 Å². The molecule has 1 aliphatic heterocycles. The number of hydrogen-bond acceptors (Lipinski definition) is 3. The molecule has 0 aromatic heterocycles. The van der Waals surface area contributed by atoms with Crippen molar-refractivity contribution in [2.75, 3.05) is 10.2 Å². The molecule has 22 heavy (non-hydrogen) atoms. The van der Waals surface area contributed by atoms with Gasteiger partial charge in [-0.25, -0.2) is 4.90 Å². The lowest BCUT2D eigenvalue weighted by molar-refractivity contribution is -0.121. The molecule has 4 nitrogen and oxygen atoms in total. The smallest absolute Gasteiger partial charge is 0.256 e. The van der Waals surface area contributed by atoms with Gasteiger partial charge in [-0.15, -0.1) is 0 Å². The zero-order valence-corrected chi connectivity index (χ0v) is 12.8. The summed E-state index contributed by atoms with van der Waals surface area (Å²) in [6.07, 6.45) is 0.148. The summed E-state index contributed by atoms with van der Waals surface area (Å²) < 4.78 is 0. The van der Waals surface area contributed by atoms with Gasteiger partial charge >= 0.3 is 0 Å². The number of aryl methyl sites for hydroxylation is 1. The van der Waals surface area contributed by atoms with E-state index in [1.807, 2.05) is 25.1 Å². The van der Waals surface area contributed by atoms with Gasteiger partial charge < -0.3 is 5.32 Å². The lowest BCUT2D eigenvalue weighted by Gasteiger charge is -2.16. The van der Waals surface area contributed by atoms with Gasteiger partial charge in [-0.05, 0) is 48.9 Å². The molecule has 1 atom stereocenters. The summed E-state index contributed by atoms with van der Waals surface area (Å²) in [6, 6.07) is 13.9. The summed E-state index contributed by atoms with van der Waals surface area (Å²) in [5.74, 6) is -0.424. The minimum absolute atomic E-state index is 0.148. The zero-order chi connectivity index (χ0) is 15.7. The highest BCUT2D eigenvalue weighted by Gasteiger charge is 2.39. The van der Waals surface area contributed by atoms with Crippen molar-refractivity contribution in [3.63, 3.8) is 0 Å². The van der Waals surface area contributed by atoms with Crippen LogP contribution in [0.2, 0.25) is 5.02 Å². The van der Waals surface area contributed by atoms with Crippen molar-refractivity contribution in [1.29, 1.82) is 0 Å². The molecule has 1 aliphatic rings. The van der Waals surface area contributed by atoms with Crippen LogP contribution in [0.25, 0.3) is 0 Å². The zero-order valence-electron chi connectivity index (χ0n) is 12.0. The van der Waals surface area contributed by atoms with Crippen molar-refractivity contribution in [2.45, 2.75) is 19.4 Å². The first-order chi connectivity index (χ1) is 10.5. The minimum Gasteiger partial charge on any atom is -0.373 e. The van der Waals surface area contributed by atoms with Crippen LogP contribution in [0.3, 0.4) is 0 Å². The van der Waals surface area contributed by atoms with Crippen molar-refractivity contribution in [1.82, 2.24) is 0 Å². The van der Waals surface area contributed by atoms with E-state index in [1.165, 1.54) is 4.90 Å². The predicted molar refractivity (Wildman–Crippen MR) is 87.2 cm³/mol. The molecule has 1 heterocycles. The van der Waals surface area contributed by atoms with E-state index in [9.17, 15) is 9.59 Å². The standard InChI is InChI=1S/C17H15ClN2O2/c1-11-3-2-4-14(9-11)20-16(21)10-15(17(20)22)19-13-7-5-12(18)6-8-13/h2-9,15,19H,10H2,1H3. The number of nitrogens with zero attached hydrogens (tertiary/aromatic N) is 1. The SMILES string of the molecule is Cc1cccc(N2C(=O)CC(Nc3ccc(Cl)cc3)C2=O)c1. The van der Waals surface area contributed by atoms with Crippen molar-refractivity contribution in [3.05, 3.63) is 59.1 Å². The Morgan fingerprint density at radius 1 is 1.14 bits per heavy atom. The van der Waals surface area contributed by atoms with Crippen LogP contribution < -0.4 is 10.2 Å². The monoisotopic (exact) mass is 314 g/mol. The van der Waals surface area contributed by atoms with Crippen LogP contribution in [0.4, 0.5) is 11.4 Å². The third kappa shape index (κ3) is 2.83. The van der Waals surface area contributed by atoms with Crippen LogP contribution in [-0.2, 0) is 9.59 Å². The lowest BCUT2D eigenvalue weighted by atomic mass is 10.2. The summed E-state index contributed by atoms with van der Waals surface area (Å²) in [4.78, 5) is 26.0. The van der Waals surface area contributed by atoms with Gasteiger partial charge in [0.25, 0.3) is 5.91 Å². The molecule has 0 saturated carbocycles. The van der Waals surface area contributed by atoms with Crippen LogP contribution in [0.15, 0.2) is 48.5 Å². The second-order valence-electron chi connectivity index (χ2n) is 5.31. The molecule has 2 aromatic carbocycles. The maximum Gasteiger partial charge on any atom is 0.256 e. The average Bonchev–Trinajstić information content (AvgIpc) is 2.76. The summed E-state index contributed by atoms with van der Waals surface area (Å²) in [5, 5.41) is 3.72. The minimum atomic E-state index is -0.547. The Labute approximate surface area is 133 Å². The van der Waals surface area contributed by atoms with E-state index < -0.39 is 6.04 Å². The first-order valence-electron chi connectivity index (χ1n) is 7.00. The van der Waals surface area contributed by atoms with Crippen LogP contribution in [0.5, 0.6) is 0 Å². The normalized spacial score (nSPS) is 17.9. The summed E-state index contributed by atoms with van der Waals surface area (Å²) in [6.45, 7) is 1.93. The third-order valence-electron chi connectivity index (χ3n) is 3.59. The molecular formula is C17H15ClN2O2. The van der Waals surface area contributed by atoms with Gasteiger partial charge in [0.05, 0.1) is 12.1 Å². The van der Waals surface area contributed by atoms with Crippen LogP contribution in [0.1, 0.15) is 12.0 Å². The van der Waals surface area contributed by atoms with E-state index in [0.29, 0.717) is 10.7 Å². The summed E-state index contributed by atoms with van der Waals surface area (Å²) in [5.41, 5.74) is 2.39. The number of carbonyl (C=O) groups excluding carboxylic acids is 2. The fourth-order valence-electron chi connectivity index (χ4n) is 2.53. The second-order valence-corrected chi connectivity index (χ2v) is 5.75. The van der Waals surface area contributed by atoms with E-state index in [4.69, 9.17) is 11.6 Å². The summed E-state index contributed by atoms with van der Waals surface area (Å²) in [7, 11) is 0. The molecule has 5 heteroatoms. The quantitative estimate of drug-likeness (QED) is 0.883. The highest BCUT2D eigenvalue weighted by atomic mass is 35.5. The fourth-order valence-corrected chi connectivity index (χ4v) is 2.66. The van der Waals surface area contributed by atoms with Crippen molar-refractivity contribution < 1.29 is 9.59 Å². The number of rotatable bonds is 3. The first kappa shape index (κ1) is 14.6. The number of halogens is 1. The Balaban J connectivity index is 1.81. The Kier molecular flexibility index (Phi) is 3.86. The molecule has 1 saturated heterocycles. The maximum absolute atomic E-state index is 12.5. The topological polar surface area (TPSA) is 49.4 Å². The van der Waals surface area contributed by atoms with Gasteiger partial charge in [-0.1, -0.05) is 23.7 Å². The van der Waals surface area contributed by atoms with Gasteiger partial charge in [0, 0.05) is 10.7 Å². The molecule has 1 N–H and O–H groups in total. The second kappa shape index (κ2) is 5.81. The highest BCUT2D eigenvalue weighted by Crippen LogP contribution is 2.26. The van der Waals surface area contributed by atoms with Crippen LogP contribution in [0, 0.1) is 6.92 Å². The van der Waals surface area contributed by atoms with E-state index in [1.54, 1.807) is 30.3 Å². The number of carbonyl (C=O) groups is 2. The number of nitrogens with one attached hydrogen (secondary N) is 1. The number of imide groups is 1. The molecular weight excluding hydrogens is 300 g/mol. The summed E-state index contributed by atoms with van der Waals surface area (Å²) >= 11 is 5.84. The molecule has 3 rings (SSSR count). The third-order valence-corrected chi connectivity index (χ3v) is 3.84. The average molecular weight is 315 g/mol. The number of benzene rings is 2. The van der Waals surface area contributed by atoms with E-state index in [2.05, 4.69) is 5.32 Å². The van der Waals surface area contributed by atoms with Crippen molar-refractivity contribution in [3.8, 4) is 0 Å². The number of hydrogen-bond donors (Lipinski definition) is 1. The molecule has 0 spiro atoms. The van der Waals surface area contributed by atoms with Crippen molar-refractivity contribution >= 4 is 34.8 Å². The largest absolute Gasteiger partial charge is 0.373 e. The Morgan fingerprint density at radius 2 is 1.86 bits per heavy atom. The van der Waals surface area contributed by atoms with Crippen LogP contribution in [-0.4, -0.2) is 17.9 Å². The molecule has 112 valence electrons. The van der Waals surface area contributed by atoms with Gasteiger partial charge in [0.1, 0.15) is 6.04 Å². The van der Waals surface area contributed by atoms with E-state index in [0.717, 1.165) is 11.3 Å². The molecule has 1 unspecified atom stereocenters. The first-order valence-corrected chi connectivity index (χ1v) is 7.38. The Morgan fingerprint density at radius 3 is 2.55 bits per heavy atom. The lowest BCUT2D eigenvalue weighted by Crippen LogP contribution is -2.34. The molecule has 1 fully saturated rings. The van der Waals surface area contributed by atoms with Gasteiger partial charge in [-0.3, -0.25) is 9.59 Å². The Hall–Kier alpha value is -2.33. The van der Waals surface area contributed by atoms with E-state index >= 15 is 0 Å². The highest BCUT2D eigenvalue weighted by molar-refractivity contribution is 6.30. The fraction of sp³-hybridized carbons (Fsp3) is 0.176. The van der Waals surface area contributed by atoms with E-state index in [-0.39, 0.29) is 18.2 Å².